The van der Waals surface area contributed by atoms with E-state index in [0.717, 1.165) is 6.42 Å². The highest BCUT2D eigenvalue weighted by molar-refractivity contribution is 5.91. The molecule has 1 atom stereocenters. The van der Waals surface area contributed by atoms with Crippen LogP contribution in [0.3, 0.4) is 0 Å². The maximum atomic E-state index is 12.2. The highest BCUT2D eigenvalue weighted by Crippen LogP contribution is 2.20. The summed E-state index contributed by atoms with van der Waals surface area (Å²) >= 11 is 0. The maximum Gasteiger partial charge on any atom is 0.271 e. The van der Waals surface area contributed by atoms with Crippen molar-refractivity contribution in [2.75, 3.05) is 6.54 Å². The predicted octanol–water partition coefficient (Wildman–Crippen LogP) is 3.23. The van der Waals surface area contributed by atoms with Crippen LogP contribution in [0, 0.1) is 0 Å². The first-order valence-corrected chi connectivity index (χ1v) is 7.96. The zero-order chi connectivity index (χ0) is 16.6. The van der Waals surface area contributed by atoms with E-state index in [1.54, 1.807) is 6.20 Å². The maximum absolute atomic E-state index is 12.2. The second-order valence-electron chi connectivity index (χ2n) is 5.60. The molecule has 1 aromatic heterocycles. The van der Waals surface area contributed by atoms with E-state index in [0.29, 0.717) is 12.2 Å². The van der Waals surface area contributed by atoms with Crippen molar-refractivity contribution in [1.29, 1.82) is 0 Å². The summed E-state index contributed by atoms with van der Waals surface area (Å²) in [5.74, 6) is 0.00585. The molecule has 1 heterocycles. The molecule has 0 fully saturated rings. The Labute approximate surface area is 141 Å². The van der Waals surface area contributed by atoms with Gasteiger partial charge < -0.3 is 5.32 Å². The number of nitrogens with one attached hydrogen (secondary N) is 1. The molecule has 3 aromatic rings. The largest absolute Gasteiger partial charge is 0.350 e. The summed E-state index contributed by atoms with van der Waals surface area (Å²) in [7, 11) is 0. The van der Waals surface area contributed by atoms with Crippen LogP contribution in [0.2, 0.25) is 0 Å². The Morgan fingerprint density at radius 1 is 0.958 bits per heavy atom. The van der Waals surface area contributed by atoms with Crippen molar-refractivity contribution in [3.8, 4) is 0 Å². The lowest BCUT2D eigenvalue weighted by Gasteiger charge is -2.18. The Balaban J connectivity index is 1.72. The number of rotatable bonds is 6. The molecule has 0 saturated carbocycles. The van der Waals surface area contributed by atoms with Crippen LogP contribution in [0.5, 0.6) is 0 Å². The van der Waals surface area contributed by atoms with E-state index in [1.165, 1.54) is 23.5 Å². The van der Waals surface area contributed by atoms with Crippen LogP contribution in [0.4, 0.5) is 0 Å². The zero-order valence-electron chi connectivity index (χ0n) is 13.3. The molecular weight excluding hydrogens is 298 g/mol. The van der Waals surface area contributed by atoms with Crippen molar-refractivity contribution < 1.29 is 4.79 Å². The molecule has 0 spiro atoms. The lowest BCUT2D eigenvalue weighted by molar-refractivity contribution is 0.0945. The number of nitrogens with zero attached hydrogens (tertiary/aromatic N) is 2. The zero-order valence-corrected chi connectivity index (χ0v) is 13.3. The Morgan fingerprint density at radius 3 is 2.33 bits per heavy atom. The molecule has 0 radical (unpaired) electrons. The van der Waals surface area contributed by atoms with Crippen molar-refractivity contribution >= 4 is 5.91 Å². The third-order valence-electron chi connectivity index (χ3n) is 3.90. The quantitative estimate of drug-likeness (QED) is 0.759. The van der Waals surface area contributed by atoms with Crippen LogP contribution >= 0.6 is 0 Å². The van der Waals surface area contributed by atoms with Gasteiger partial charge in [-0.25, -0.2) is 4.98 Å². The van der Waals surface area contributed by atoms with Gasteiger partial charge in [-0.05, 0) is 17.5 Å². The minimum atomic E-state index is -0.197. The number of carbonyl (C=O) groups excluding carboxylic acids is 1. The van der Waals surface area contributed by atoms with Gasteiger partial charge in [0.25, 0.3) is 5.91 Å². The van der Waals surface area contributed by atoms with Gasteiger partial charge in [0.05, 0.1) is 6.20 Å². The Bertz CT molecular complexity index is 761. The van der Waals surface area contributed by atoms with Gasteiger partial charge in [0.1, 0.15) is 5.69 Å². The molecule has 1 amide bonds. The van der Waals surface area contributed by atoms with Crippen molar-refractivity contribution in [3.05, 3.63) is 96.1 Å². The van der Waals surface area contributed by atoms with Crippen LogP contribution in [-0.4, -0.2) is 22.4 Å². The number of aromatic nitrogens is 2. The number of hydrogen-bond acceptors (Lipinski definition) is 3. The molecular formula is C20H19N3O. The lowest BCUT2D eigenvalue weighted by atomic mass is 9.92. The Kier molecular flexibility index (Phi) is 5.30. The molecule has 3 rings (SSSR count). The van der Waals surface area contributed by atoms with Crippen molar-refractivity contribution in [2.24, 2.45) is 0 Å². The van der Waals surface area contributed by atoms with Crippen molar-refractivity contribution in [2.45, 2.75) is 12.3 Å². The van der Waals surface area contributed by atoms with Crippen molar-refractivity contribution in [3.63, 3.8) is 0 Å². The average Bonchev–Trinajstić information content (AvgIpc) is 2.67. The fourth-order valence-corrected chi connectivity index (χ4v) is 2.65. The minimum absolute atomic E-state index is 0.197. The normalized spacial score (nSPS) is 11.7. The summed E-state index contributed by atoms with van der Waals surface area (Å²) in [5.41, 5.74) is 2.80. The number of carbonyl (C=O) groups is 1. The lowest BCUT2D eigenvalue weighted by Crippen LogP contribution is -2.30. The van der Waals surface area contributed by atoms with E-state index in [2.05, 4.69) is 39.6 Å². The molecule has 0 bridgehead atoms. The summed E-state index contributed by atoms with van der Waals surface area (Å²) in [5, 5.41) is 2.98. The second kappa shape index (κ2) is 8.02. The predicted molar refractivity (Wildman–Crippen MR) is 93.7 cm³/mol. The first-order valence-electron chi connectivity index (χ1n) is 7.96. The highest BCUT2D eigenvalue weighted by atomic mass is 16.1. The van der Waals surface area contributed by atoms with Crippen LogP contribution in [0.25, 0.3) is 0 Å². The SMILES string of the molecule is O=C(NCC(Cc1ccccc1)c1ccccc1)c1cnccn1. The standard InChI is InChI=1S/C20H19N3O/c24-20(19-15-21-11-12-22-19)23-14-18(17-9-5-2-6-10-17)13-16-7-3-1-4-8-16/h1-12,15,18H,13-14H2,(H,23,24). The summed E-state index contributed by atoms with van der Waals surface area (Å²) < 4.78 is 0. The molecule has 0 aliphatic heterocycles. The summed E-state index contributed by atoms with van der Waals surface area (Å²) in [6, 6.07) is 20.6. The number of benzene rings is 2. The van der Waals surface area contributed by atoms with Gasteiger partial charge in [0.15, 0.2) is 0 Å². The monoisotopic (exact) mass is 317 g/mol. The Hall–Kier alpha value is -3.01. The summed E-state index contributed by atoms with van der Waals surface area (Å²) in [6.07, 6.45) is 5.42. The van der Waals surface area contributed by atoms with Crippen molar-refractivity contribution in [1.82, 2.24) is 15.3 Å². The van der Waals surface area contributed by atoms with Gasteiger partial charge in [-0.2, -0.15) is 0 Å². The van der Waals surface area contributed by atoms with E-state index in [1.807, 2.05) is 36.4 Å². The third-order valence-corrected chi connectivity index (χ3v) is 3.90. The summed E-state index contributed by atoms with van der Waals surface area (Å²) in [4.78, 5) is 20.2. The minimum Gasteiger partial charge on any atom is -0.350 e. The first kappa shape index (κ1) is 15.9. The van der Waals surface area contributed by atoms with Gasteiger partial charge in [0.2, 0.25) is 0 Å². The molecule has 0 saturated heterocycles. The van der Waals surface area contributed by atoms with E-state index >= 15 is 0 Å². The van der Waals surface area contributed by atoms with Crippen LogP contribution in [0.15, 0.2) is 79.3 Å². The number of amides is 1. The fourth-order valence-electron chi connectivity index (χ4n) is 2.65. The smallest absolute Gasteiger partial charge is 0.271 e. The highest BCUT2D eigenvalue weighted by Gasteiger charge is 2.15. The van der Waals surface area contributed by atoms with Gasteiger partial charge in [-0.15, -0.1) is 0 Å². The van der Waals surface area contributed by atoms with Gasteiger partial charge in [-0.1, -0.05) is 60.7 Å². The van der Waals surface area contributed by atoms with E-state index in [-0.39, 0.29) is 11.8 Å². The molecule has 2 aromatic carbocycles. The molecule has 1 unspecified atom stereocenters. The molecule has 1 N–H and O–H groups in total. The van der Waals surface area contributed by atoms with Crippen LogP contribution in [0.1, 0.15) is 27.5 Å². The Morgan fingerprint density at radius 2 is 1.67 bits per heavy atom. The van der Waals surface area contributed by atoms with E-state index in [4.69, 9.17) is 0 Å². The molecule has 24 heavy (non-hydrogen) atoms. The number of hydrogen-bond donors (Lipinski definition) is 1. The molecule has 120 valence electrons. The van der Waals surface area contributed by atoms with Gasteiger partial charge in [-0.3, -0.25) is 9.78 Å². The van der Waals surface area contributed by atoms with Crippen LogP contribution < -0.4 is 5.32 Å². The van der Waals surface area contributed by atoms with Crippen LogP contribution in [-0.2, 0) is 6.42 Å². The first-order chi connectivity index (χ1) is 11.8. The molecule has 4 nitrogen and oxygen atoms in total. The molecule has 0 aliphatic carbocycles. The van der Waals surface area contributed by atoms with Gasteiger partial charge in [0, 0.05) is 24.9 Å². The average molecular weight is 317 g/mol. The molecule has 0 aliphatic rings. The van der Waals surface area contributed by atoms with E-state index < -0.39 is 0 Å². The molecule has 4 heteroatoms. The third kappa shape index (κ3) is 4.26. The van der Waals surface area contributed by atoms with E-state index in [9.17, 15) is 4.79 Å². The summed E-state index contributed by atoms with van der Waals surface area (Å²) in [6.45, 7) is 0.550. The fraction of sp³-hybridized carbons (Fsp3) is 0.150. The van der Waals surface area contributed by atoms with Gasteiger partial charge >= 0.3 is 0 Å². The topological polar surface area (TPSA) is 54.9 Å². The second-order valence-corrected chi connectivity index (χ2v) is 5.60.